The molecule has 1 aromatic carbocycles. The molecule has 0 aliphatic heterocycles. The molecule has 0 spiro atoms. The van der Waals surface area contributed by atoms with E-state index in [1.807, 2.05) is 23.6 Å². The third-order valence-electron chi connectivity index (χ3n) is 3.23. The summed E-state index contributed by atoms with van der Waals surface area (Å²) in [6, 6.07) is 13.7. The van der Waals surface area contributed by atoms with Gasteiger partial charge in [-0.3, -0.25) is 0 Å². The van der Waals surface area contributed by atoms with E-state index in [9.17, 15) is 8.42 Å². The quantitative estimate of drug-likeness (QED) is 0.739. The molecular formula is C16H15NO4S2. The van der Waals surface area contributed by atoms with Crippen LogP contribution in [0.25, 0.3) is 10.6 Å². The number of benzene rings is 1. The average Bonchev–Trinajstić information content (AvgIpc) is 3.24. The van der Waals surface area contributed by atoms with Gasteiger partial charge in [0, 0.05) is 0 Å². The van der Waals surface area contributed by atoms with Gasteiger partial charge in [0.1, 0.15) is 17.3 Å². The van der Waals surface area contributed by atoms with Gasteiger partial charge in [0.15, 0.2) is 0 Å². The number of hydrogen-bond acceptors (Lipinski definition) is 5. The highest BCUT2D eigenvalue weighted by molar-refractivity contribution is 7.89. The van der Waals surface area contributed by atoms with Gasteiger partial charge in [0.05, 0.1) is 23.4 Å². The smallest absolute Gasteiger partial charge is 0.240 e. The zero-order chi connectivity index (χ0) is 16.3. The SMILES string of the molecule is COc1ccc(S(=O)(=O)NCc2ccc(-c3cccs3)o2)cc1. The van der Waals surface area contributed by atoms with Crippen molar-refractivity contribution in [1.29, 1.82) is 0 Å². The van der Waals surface area contributed by atoms with Gasteiger partial charge in [-0.15, -0.1) is 11.3 Å². The molecule has 0 unspecified atom stereocenters. The summed E-state index contributed by atoms with van der Waals surface area (Å²) >= 11 is 1.57. The van der Waals surface area contributed by atoms with Crippen LogP contribution in [0.2, 0.25) is 0 Å². The summed E-state index contributed by atoms with van der Waals surface area (Å²) in [6.45, 7) is 0.0970. The lowest BCUT2D eigenvalue weighted by Crippen LogP contribution is -2.22. The lowest BCUT2D eigenvalue weighted by molar-refractivity contribution is 0.414. The van der Waals surface area contributed by atoms with Gasteiger partial charge in [-0.2, -0.15) is 0 Å². The van der Waals surface area contributed by atoms with Crippen molar-refractivity contribution in [2.24, 2.45) is 0 Å². The maximum Gasteiger partial charge on any atom is 0.240 e. The summed E-state index contributed by atoms with van der Waals surface area (Å²) in [5.41, 5.74) is 0. The Morgan fingerprint density at radius 3 is 2.57 bits per heavy atom. The number of methoxy groups -OCH3 is 1. The maximum atomic E-state index is 12.2. The van der Waals surface area contributed by atoms with E-state index in [0.717, 1.165) is 10.6 Å². The normalized spacial score (nSPS) is 11.5. The van der Waals surface area contributed by atoms with E-state index < -0.39 is 10.0 Å². The molecule has 0 amide bonds. The van der Waals surface area contributed by atoms with E-state index in [1.54, 1.807) is 29.5 Å². The fraction of sp³-hybridized carbons (Fsp3) is 0.125. The Balaban J connectivity index is 1.69. The summed E-state index contributed by atoms with van der Waals surface area (Å²) in [4.78, 5) is 1.19. The summed E-state index contributed by atoms with van der Waals surface area (Å²) in [7, 11) is -2.06. The van der Waals surface area contributed by atoms with Gasteiger partial charge >= 0.3 is 0 Å². The van der Waals surface area contributed by atoms with E-state index in [4.69, 9.17) is 9.15 Å². The van der Waals surface area contributed by atoms with Crippen LogP contribution in [0.1, 0.15) is 5.76 Å². The first kappa shape index (κ1) is 15.8. The molecule has 0 radical (unpaired) electrons. The van der Waals surface area contributed by atoms with Crippen molar-refractivity contribution in [3.05, 3.63) is 59.7 Å². The van der Waals surface area contributed by atoms with E-state index in [0.29, 0.717) is 11.5 Å². The summed E-state index contributed by atoms with van der Waals surface area (Å²) < 4.78 is 37.7. The Hall–Kier alpha value is -2.09. The molecular weight excluding hydrogens is 334 g/mol. The molecule has 3 aromatic rings. The average molecular weight is 349 g/mol. The molecule has 0 saturated carbocycles. The first-order chi connectivity index (χ1) is 11.1. The molecule has 1 N–H and O–H groups in total. The first-order valence-corrected chi connectivity index (χ1v) is 9.21. The maximum absolute atomic E-state index is 12.2. The third-order valence-corrected chi connectivity index (χ3v) is 5.53. The molecule has 7 heteroatoms. The molecule has 2 aromatic heterocycles. The number of furan rings is 1. The number of thiophene rings is 1. The number of nitrogens with one attached hydrogen (secondary N) is 1. The number of sulfonamides is 1. The van der Waals surface area contributed by atoms with Gasteiger partial charge in [-0.25, -0.2) is 13.1 Å². The topological polar surface area (TPSA) is 68.5 Å². The fourth-order valence-corrected chi connectivity index (χ4v) is 3.71. The van der Waals surface area contributed by atoms with Crippen molar-refractivity contribution >= 4 is 21.4 Å². The Bertz CT molecular complexity index is 865. The lowest BCUT2D eigenvalue weighted by Gasteiger charge is -2.06. The second kappa shape index (κ2) is 6.57. The Morgan fingerprint density at radius 2 is 1.91 bits per heavy atom. The van der Waals surface area contributed by atoms with Gasteiger partial charge in [-0.1, -0.05) is 6.07 Å². The molecule has 0 saturated heterocycles. The number of ether oxygens (including phenoxy) is 1. The molecule has 5 nitrogen and oxygen atoms in total. The largest absolute Gasteiger partial charge is 0.497 e. The third kappa shape index (κ3) is 3.64. The highest BCUT2D eigenvalue weighted by atomic mass is 32.2. The van der Waals surface area contributed by atoms with Crippen molar-refractivity contribution in [2.45, 2.75) is 11.4 Å². The molecule has 0 bridgehead atoms. The Morgan fingerprint density at radius 1 is 1.13 bits per heavy atom. The molecule has 0 aliphatic rings. The van der Waals surface area contributed by atoms with Crippen molar-refractivity contribution in [1.82, 2.24) is 4.72 Å². The molecule has 0 atom stereocenters. The molecule has 3 rings (SSSR count). The monoisotopic (exact) mass is 349 g/mol. The highest BCUT2D eigenvalue weighted by Gasteiger charge is 2.15. The lowest BCUT2D eigenvalue weighted by atomic mass is 10.3. The summed E-state index contributed by atoms with van der Waals surface area (Å²) in [5.74, 6) is 1.90. The van der Waals surface area contributed by atoms with Crippen LogP contribution < -0.4 is 9.46 Å². The standard InChI is InChI=1S/C16H15NO4S2/c1-20-12-4-7-14(8-5-12)23(18,19)17-11-13-6-9-15(21-13)16-3-2-10-22-16/h2-10,17H,11H2,1H3. The fourth-order valence-electron chi connectivity index (χ4n) is 2.03. The Labute approximate surface area is 138 Å². The summed E-state index contributed by atoms with van der Waals surface area (Å²) in [6.07, 6.45) is 0. The second-order valence-corrected chi connectivity index (χ2v) is 7.46. The van der Waals surface area contributed by atoms with Crippen LogP contribution in [0.4, 0.5) is 0 Å². The van der Waals surface area contributed by atoms with Crippen molar-refractivity contribution < 1.29 is 17.6 Å². The van der Waals surface area contributed by atoms with Gasteiger partial charge in [0.2, 0.25) is 10.0 Å². The van der Waals surface area contributed by atoms with Crippen molar-refractivity contribution in [2.75, 3.05) is 7.11 Å². The number of hydrogen-bond donors (Lipinski definition) is 1. The van der Waals surface area contributed by atoms with Crippen molar-refractivity contribution in [3.63, 3.8) is 0 Å². The molecule has 0 fully saturated rings. The van der Waals surface area contributed by atoms with Crippen LogP contribution >= 0.6 is 11.3 Å². The minimum absolute atomic E-state index is 0.0970. The Kier molecular flexibility index (Phi) is 4.51. The zero-order valence-electron chi connectivity index (χ0n) is 12.4. The first-order valence-electron chi connectivity index (χ1n) is 6.85. The van der Waals surface area contributed by atoms with Crippen molar-refractivity contribution in [3.8, 4) is 16.4 Å². The summed E-state index contributed by atoms with van der Waals surface area (Å²) in [5, 5.41) is 1.96. The van der Waals surface area contributed by atoms with Gasteiger partial charge in [-0.05, 0) is 47.8 Å². The van der Waals surface area contributed by atoms with E-state index >= 15 is 0 Å². The van der Waals surface area contributed by atoms with Gasteiger partial charge in [0.25, 0.3) is 0 Å². The molecule has 0 aliphatic carbocycles. The van der Waals surface area contributed by atoms with E-state index in [1.165, 1.54) is 19.2 Å². The predicted molar refractivity (Wildman–Crippen MR) is 89.0 cm³/mol. The van der Waals surface area contributed by atoms with Crippen LogP contribution in [-0.4, -0.2) is 15.5 Å². The molecule has 120 valence electrons. The zero-order valence-corrected chi connectivity index (χ0v) is 14.0. The predicted octanol–water partition coefficient (Wildman–Crippen LogP) is 3.50. The minimum atomic E-state index is -3.59. The second-order valence-electron chi connectivity index (χ2n) is 4.74. The van der Waals surface area contributed by atoms with E-state index in [2.05, 4.69) is 4.72 Å². The van der Waals surface area contributed by atoms with Crippen LogP contribution in [0.5, 0.6) is 5.75 Å². The minimum Gasteiger partial charge on any atom is -0.497 e. The molecule has 23 heavy (non-hydrogen) atoms. The number of rotatable bonds is 6. The van der Waals surface area contributed by atoms with Gasteiger partial charge < -0.3 is 9.15 Å². The van der Waals surface area contributed by atoms with Crippen LogP contribution in [0, 0.1) is 0 Å². The van der Waals surface area contributed by atoms with Crippen LogP contribution in [-0.2, 0) is 16.6 Å². The van der Waals surface area contributed by atoms with Crippen LogP contribution in [0.15, 0.2) is 63.2 Å². The highest BCUT2D eigenvalue weighted by Crippen LogP contribution is 2.26. The van der Waals surface area contributed by atoms with E-state index in [-0.39, 0.29) is 11.4 Å². The van der Waals surface area contributed by atoms with Crippen LogP contribution in [0.3, 0.4) is 0 Å². The molecule has 2 heterocycles.